The Labute approximate surface area is 171 Å². The summed E-state index contributed by atoms with van der Waals surface area (Å²) in [6.45, 7) is 6.51. The van der Waals surface area contributed by atoms with Gasteiger partial charge in [0.2, 0.25) is 6.79 Å². The molecule has 140 valence electrons. The summed E-state index contributed by atoms with van der Waals surface area (Å²) in [4.78, 5) is 9.08. The number of hydrogen-bond acceptors (Lipinski definition) is 4. The molecular formula is C19H25IN4O2. The van der Waals surface area contributed by atoms with Crippen LogP contribution < -0.4 is 20.1 Å². The van der Waals surface area contributed by atoms with E-state index in [1.54, 1.807) is 0 Å². The Kier molecular flexibility index (Phi) is 7.96. The van der Waals surface area contributed by atoms with E-state index in [2.05, 4.69) is 33.6 Å². The van der Waals surface area contributed by atoms with E-state index in [4.69, 9.17) is 9.47 Å². The van der Waals surface area contributed by atoms with Gasteiger partial charge in [-0.15, -0.1) is 24.0 Å². The number of benzene rings is 1. The lowest BCUT2D eigenvalue weighted by molar-refractivity contribution is 0.174. The average Bonchev–Trinajstić information content (AvgIpc) is 3.07. The van der Waals surface area contributed by atoms with Crippen LogP contribution in [0.3, 0.4) is 0 Å². The van der Waals surface area contributed by atoms with E-state index in [1.165, 1.54) is 5.56 Å². The molecule has 0 bridgehead atoms. The Bertz CT molecular complexity index is 752. The molecule has 0 unspecified atom stereocenters. The topological polar surface area (TPSA) is 67.8 Å². The molecule has 26 heavy (non-hydrogen) atoms. The van der Waals surface area contributed by atoms with Gasteiger partial charge >= 0.3 is 0 Å². The van der Waals surface area contributed by atoms with E-state index in [0.717, 1.165) is 48.4 Å². The molecule has 0 radical (unpaired) electrons. The predicted molar refractivity (Wildman–Crippen MR) is 113 cm³/mol. The van der Waals surface area contributed by atoms with Gasteiger partial charge < -0.3 is 20.1 Å². The van der Waals surface area contributed by atoms with E-state index < -0.39 is 0 Å². The van der Waals surface area contributed by atoms with Gasteiger partial charge in [-0.3, -0.25) is 4.98 Å². The maximum atomic E-state index is 5.42. The first kappa shape index (κ1) is 20.3. The van der Waals surface area contributed by atoms with Crippen molar-refractivity contribution in [3.8, 4) is 11.5 Å². The summed E-state index contributed by atoms with van der Waals surface area (Å²) in [7, 11) is 0. The van der Waals surface area contributed by atoms with Gasteiger partial charge in [-0.05, 0) is 50.1 Å². The van der Waals surface area contributed by atoms with Crippen LogP contribution in [0.25, 0.3) is 0 Å². The smallest absolute Gasteiger partial charge is 0.231 e. The largest absolute Gasteiger partial charge is 0.454 e. The lowest BCUT2D eigenvalue weighted by Crippen LogP contribution is -2.38. The molecule has 0 saturated carbocycles. The standard InChI is InChI=1S/C19H24N4O2.HI/c1-3-20-19(22-12-16-6-4-5-14(2)23-16)21-10-9-15-7-8-17-18(11-15)25-13-24-17;/h4-8,11H,3,9-10,12-13H2,1-2H3,(H2,20,21,22);1H. The molecular weight excluding hydrogens is 443 g/mol. The number of fused-ring (bicyclic) bond motifs is 1. The van der Waals surface area contributed by atoms with Crippen LogP contribution in [0.2, 0.25) is 0 Å². The number of halogens is 1. The second-order valence-corrected chi connectivity index (χ2v) is 5.83. The molecule has 1 aromatic heterocycles. The van der Waals surface area contributed by atoms with E-state index in [9.17, 15) is 0 Å². The van der Waals surface area contributed by atoms with Crippen molar-refractivity contribution in [2.24, 2.45) is 4.99 Å². The minimum absolute atomic E-state index is 0. The number of hydrogen-bond donors (Lipinski definition) is 2. The molecule has 6 nitrogen and oxygen atoms in total. The Morgan fingerprint density at radius 2 is 2.00 bits per heavy atom. The molecule has 2 aromatic rings. The van der Waals surface area contributed by atoms with Crippen molar-refractivity contribution >= 4 is 29.9 Å². The highest BCUT2D eigenvalue weighted by atomic mass is 127. The minimum atomic E-state index is 0. The molecule has 2 N–H and O–H groups in total. The first-order valence-corrected chi connectivity index (χ1v) is 8.58. The third-order valence-corrected chi connectivity index (χ3v) is 3.83. The van der Waals surface area contributed by atoms with E-state index in [-0.39, 0.29) is 24.0 Å². The van der Waals surface area contributed by atoms with Crippen LogP contribution in [-0.2, 0) is 13.0 Å². The second kappa shape index (κ2) is 10.2. The van der Waals surface area contributed by atoms with Gasteiger partial charge in [0.1, 0.15) is 0 Å². The van der Waals surface area contributed by atoms with Gasteiger partial charge in [-0.25, -0.2) is 4.99 Å². The monoisotopic (exact) mass is 468 g/mol. The number of nitrogens with zero attached hydrogens (tertiary/aromatic N) is 2. The summed E-state index contributed by atoms with van der Waals surface area (Å²) in [5.74, 6) is 2.44. The Balaban J connectivity index is 0.00000243. The van der Waals surface area contributed by atoms with Crippen molar-refractivity contribution in [3.63, 3.8) is 0 Å². The average molecular weight is 468 g/mol. The molecule has 0 spiro atoms. The summed E-state index contributed by atoms with van der Waals surface area (Å²) >= 11 is 0. The van der Waals surface area contributed by atoms with Crippen LogP contribution in [0.4, 0.5) is 0 Å². The molecule has 0 saturated heterocycles. The fraction of sp³-hybridized carbons (Fsp3) is 0.368. The maximum Gasteiger partial charge on any atom is 0.231 e. The van der Waals surface area contributed by atoms with Crippen molar-refractivity contribution in [2.75, 3.05) is 19.9 Å². The van der Waals surface area contributed by atoms with Crippen molar-refractivity contribution in [1.82, 2.24) is 15.6 Å². The number of pyridine rings is 1. The molecule has 1 aliphatic heterocycles. The molecule has 3 rings (SSSR count). The molecule has 2 heterocycles. The second-order valence-electron chi connectivity index (χ2n) is 5.83. The Morgan fingerprint density at radius 3 is 2.81 bits per heavy atom. The number of aliphatic imine (C=N–C) groups is 1. The van der Waals surface area contributed by atoms with E-state index in [1.807, 2.05) is 37.3 Å². The number of guanidine groups is 1. The summed E-state index contributed by atoms with van der Waals surface area (Å²) < 4.78 is 10.8. The van der Waals surface area contributed by atoms with Crippen LogP contribution in [0, 0.1) is 6.92 Å². The molecule has 0 atom stereocenters. The van der Waals surface area contributed by atoms with Crippen molar-refractivity contribution in [2.45, 2.75) is 26.8 Å². The van der Waals surface area contributed by atoms with E-state index >= 15 is 0 Å². The van der Waals surface area contributed by atoms with Gasteiger partial charge in [0.15, 0.2) is 17.5 Å². The summed E-state index contributed by atoms with van der Waals surface area (Å²) in [6, 6.07) is 12.0. The third kappa shape index (κ3) is 5.76. The molecule has 0 amide bonds. The number of aryl methyl sites for hydroxylation is 1. The molecule has 1 aromatic carbocycles. The number of aromatic nitrogens is 1. The van der Waals surface area contributed by atoms with Gasteiger partial charge in [0.05, 0.1) is 12.2 Å². The number of ether oxygens (including phenoxy) is 2. The van der Waals surface area contributed by atoms with Crippen LogP contribution in [0.15, 0.2) is 41.4 Å². The number of rotatable bonds is 6. The summed E-state index contributed by atoms with van der Waals surface area (Å²) in [5, 5.41) is 6.62. The first-order chi connectivity index (χ1) is 12.2. The highest BCUT2D eigenvalue weighted by molar-refractivity contribution is 14.0. The summed E-state index contributed by atoms with van der Waals surface area (Å²) in [5.41, 5.74) is 3.18. The van der Waals surface area contributed by atoms with Crippen molar-refractivity contribution < 1.29 is 9.47 Å². The first-order valence-electron chi connectivity index (χ1n) is 8.58. The zero-order valence-corrected chi connectivity index (χ0v) is 17.4. The van der Waals surface area contributed by atoms with Crippen LogP contribution in [0.5, 0.6) is 11.5 Å². The van der Waals surface area contributed by atoms with Crippen LogP contribution in [0.1, 0.15) is 23.9 Å². The Morgan fingerprint density at radius 1 is 1.15 bits per heavy atom. The predicted octanol–water partition coefficient (Wildman–Crippen LogP) is 3.03. The SMILES string of the molecule is CCNC(=NCc1cccc(C)n1)NCCc1ccc2c(c1)OCO2.I. The van der Waals surface area contributed by atoms with Crippen LogP contribution >= 0.6 is 24.0 Å². The maximum absolute atomic E-state index is 5.42. The zero-order chi connectivity index (χ0) is 17.5. The fourth-order valence-corrected chi connectivity index (χ4v) is 2.61. The summed E-state index contributed by atoms with van der Waals surface area (Å²) in [6.07, 6.45) is 0.879. The highest BCUT2D eigenvalue weighted by Crippen LogP contribution is 2.32. The quantitative estimate of drug-likeness (QED) is 0.388. The normalized spacial score (nSPS) is 12.5. The van der Waals surface area contributed by atoms with Gasteiger partial charge in [-0.1, -0.05) is 12.1 Å². The van der Waals surface area contributed by atoms with Crippen LogP contribution in [-0.4, -0.2) is 30.8 Å². The van der Waals surface area contributed by atoms with Gasteiger partial charge in [0.25, 0.3) is 0 Å². The van der Waals surface area contributed by atoms with Crippen molar-refractivity contribution in [3.05, 3.63) is 53.3 Å². The lowest BCUT2D eigenvalue weighted by atomic mass is 10.1. The number of nitrogens with one attached hydrogen (secondary N) is 2. The Hall–Kier alpha value is -2.03. The molecule has 0 fully saturated rings. The highest BCUT2D eigenvalue weighted by Gasteiger charge is 2.12. The third-order valence-electron chi connectivity index (χ3n) is 3.83. The fourth-order valence-electron chi connectivity index (χ4n) is 2.61. The zero-order valence-electron chi connectivity index (χ0n) is 15.1. The molecule has 1 aliphatic rings. The molecule has 0 aliphatic carbocycles. The minimum Gasteiger partial charge on any atom is -0.454 e. The molecule has 7 heteroatoms. The van der Waals surface area contributed by atoms with Gasteiger partial charge in [0, 0.05) is 18.8 Å². The van der Waals surface area contributed by atoms with E-state index in [0.29, 0.717) is 13.3 Å². The van der Waals surface area contributed by atoms with Gasteiger partial charge in [-0.2, -0.15) is 0 Å². The lowest BCUT2D eigenvalue weighted by Gasteiger charge is -2.11. The van der Waals surface area contributed by atoms with Crippen molar-refractivity contribution in [1.29, 1.82) is 0 Å².